The van der Waals surface area contributed by atoms with Gasteiger partial charge in [0, 0.05) is 36.1 Å². The standard InChI is InChI=1S/C22H19F2NO3/c1-28-15-5-2-12(3-6-15)13-8-19-22(20(26)9-13)17(11-21(27)25-19)16-7-4-14(23)10-18(16)24/h2-7,10,13,17H,8-9,11H2,1H3,(H,25,27)/t13-,17-/m1/s1. The number of benzene rings is 2. The fourth-order valence-corrected chi connectivity index (χ4v) is 4.12. The zero-order valence-corrected chi connectivity index (χ0v) is 15.3. The predicted molar refractivity (Wildman–Crippen MR) is 98.9 cm³/mol. The van der Waals surface area contributed by atoms with Gasteiger partial charge in [-0.3, -0.25) is 9.59 Å². The number of halogens is 2. The third kappa shape index (κ3) is 3.30. The number of rotatable bonds is 3. The van der Waals surface area contributed by atoms with E-state index in [1.54, 1.807) is 7.11 Å². The number of ether oxygens (including phenoxy) is 1. The van der Waals surface area contributed by atoms with Gasteiger partial charge in [-0.25, -0.2) is 8.78 Å². The molecule has 0 unspecified atom stereocenters. The van der Waals surface area contributed by atoms with E-state index in [4.69, 9.17) is 4.74 Å². The van der Waals surface area contributed by atoms with Crippen molar-refractivity contribution in [1.82, 2.24) is 5.32 Å². The second-order valence-electron chi connectivity index (χ2n) is 7.16. The van der Waals surface area contributed by atoms with Gasteiger partial charge in [0.1, 0.15) is 17.4 Å². The quantitative estimate of drug-likeness (QED) is 0.872. The van der Waals surface area contributed by atoms with Gasteiger partial charge in [0.15, 0.2) is 5.78 Å². The zero-order chi connectivity index (χ0) is 19.8. The molecule has 0 bridgehead atoms. The molecule has 6 heteroatoms. The lowest BCUT2D eigenvalue weighted by atomic mass is 9.73. The minimum Gasteiger partial charge on any atom is -0.497 e. The summed E-state index contributed by atoms with van der Waals surface area (Å²) in [5, 5.41) is 2.80. The highest BCUT2D eigenvalue weighted by Crippen LogP contribution is 2.43. The average Bonchev–Trinajstić information content (AvgIpc) is 2.67. The molecule has 4 nitrogen and oxygen atoms in total. The van der Waals surface area contributed by atoms with Crippen LogP contribution in [0.4, 0.5) is 8.78 Å². The molecule has 1 aliphatic carbocycles. The summed E-state index contributed by atoms with van der Waals surface area (Å²) >= 11 is 0. The SMILES string of the molecule is COc1ccc([C@H]2CC(=O)C3=C(C2)NC(=O)C[C@@H]3c2ccc(F)cc2F)cc1. The molecular weight excluding hydrogens is 364 g/mol. The molecule has 0 radical (unpaired) electrons. The highest BCUT2D eigenvalue weighted by molar-refractivity contribution is 6.02. The summed E-state index contributed by atoms with van der Waals surface area (Å²) < 4.78 is 32.8. The molecule has 28 heavy (non-hydrogen) atoms. The van der Waals surface area contributed by atoms with Crippen LogP contribution < -0.4 is 10.1 Å². The minimum absolute atomic E-state index is 0.0275. The maximum Gasteiger partial charge on any atom is 0.225 e. The van der Waals surface area contributed by atoms with Crippen molar-refractivity contribution in [2.24, 2.45) is 0 Å². The van der Waals surface area contributed by atoms with Gasteiger partial charge >= 0.3 is 0 Å². The van der Waals surface area contributed by atoms with Crippen LogP contribution in [0.1, 0.15) is 42.2 Å². The molecule has 1 aliphatic heterocycles. The number of amides is 1. The van der Waals surface area contributed by atoms with Gasteiger partial charge in [0.25, 0.3) is 0 Å². The molecule has 0 spiro atoms. The molecule has 0 fully saturated rings. The van der Waals surface area contributed by atoms with E-state index in [0.717, 1.165) is 23.4 Å². The Balaban J connectivity index is 1.70. The lowest BCUT2D eigenvalue weighted by Crippen LogP contribution is -2.38. The topological polar surface area (TPSA) is 55.4 Å². The molecule has 2 aliphatic rings. The Hall–Kier alpha value is -3.02. The molecule has 1 amide bonds. The van der Waals surface area contributed by atoms with Crippen LogP contribution in [0.3, 0.4) is 0 Å². The fraction of sp³-hybridized carbons (Fsp3) is 0.273. The number of hydrogen-bond donors (Lipinski definition) is 1. The summed E-state index contributed by atoms with van der Waals surface area (Å²) in [6, 6.07) is 10.7. The number of hydrogen-bond acceptors (Lipinski definition) is 3. The summed E-state index contributed by atoms with van der Waals surface area (Å²) in [6.07, 6.45) is 0.735. The van der Waals surface area contributed by atoms with Crippen LogP contribution in [0.5, 0.6) is 5.75 Å². The molecule has 0 aromatic heterocycles. The van der Waals surface area contributed by atoms with E-state index in [9.17, 15) is 18.4 Å². The van der Waals surface area contributed by atoms with Gasteiger partial charge in [-0.15, -0.1) is 0 Å². The van der Waals surface area contributed by atoms with Gasteiger partial charge in [0.2, 0.25) is 5.91 Å². The Labute approximate surface area is 161 Å². The summed E-state index contributed by atoms with van der Waals surface area (Å²) in [5.41, 5.74) is 2.14. The predicted octanol–water partition coefficient (Wildman–Crippen LogP) is 3.98. The number of Topliss-reactive ketones (excluding diaryl/α,β-unsaturated/α-hetero) is 1. The van der Waals surface area contributed by atoms with E-state index in [0.29, 0.717) is 17.7 Å². The number of carbonyl (C=O) groups excluding carboxylic acids is 2. The fourth-order valence-electron chi connectivity index (χ4n) is 4.12. The van der Waals surface area contributed by atoms with Crippen molar-refractivity contribution >= 4 is 11.7 Å². The van der Waals surface area contributed by atoms with Gasteiger partial charge in [-0.1, -0.05) is 18.2 Å². The molecule has 0 saturated carbocycles. The summed E-state index contributed by atoms with van der Waals surface area (Å²) in [4.78, 5) is 25.2. The third-order valence-corrected chi connectivity index (χ3v) is 5.46. The van der Waals surface area contributed by atoms with Crippen molar-refractivity contribution in [2.45, 2.75) is 31.1 Å². The normalized spacial score (nSPS) is 22.0. The maximum atomic E-state index is 14.3. The van der Waals surface area contributed by atoms with Crippen LogP contribution in [0, 0.1) is 11.6 Å². The number of nitrogens with one attached hydrogen (secondary N) is 1. The number of ketones is 1. The highest BCUT2D eigenvalue weighted by Gasteiger charge is 2.39. The minimum atomic E-state index is -0.739. The van der Waals surface area contributed by atoms with Crippen molar-refractivity contribution < 1.29 is 23.1 Å². The zero-order valence-electron chi connectivity index (χ0n) is 15.3. The summed E-state index contributed by atoms with van der Waals surface area (Å²) in [6.45, 7) is 0. The van der Waals surface area contributed by atoms with Crippen molar-refractivity contribution in [3.05, 3.63) is 76.5 Å². The van der Waals surface area contributed by atoms with Crippen LogP contribution in [-0.4, -0.2) is 18.8 Å². The lowest BCUT2D eigenvalue weighted by Gasteiger charge is -2.34. The largest absolute Gasteiger partial charge is 0.497 e. The number of carbonyl (C=O) groups is 2. The Bertz CT molecular complexity index is 982. The Morgan fingerprint density at radius 2 is 1.75 bits per heavy atom. The van der Waals surface area contributed by atoms with Crippen LogP contribution in [0.15, 0.2) is 53.7 Å². The van der Waals surface area contributed by atoms with Crippen molar-refractivity contribution in [1.29, 1.82) is 0 Å². The first-order valence-electron chi connectivity index (χ1n) is 9.11. The molecule has 144 valence electrons. The first kappa shape index (κ1) is 18.3. The molecule has 2 atom stereocenters. The molecule has 2 aromatic rings. The molecule has 4 rings (SSSR count). The van der Waals surface area contributed by atoms with Crippen LogP contribution in [-0.2, 0) is 9.59 Å². The number of methoxy groups -OCH3 is 1. The first-order valence-corrected chi connectivity index (χ1v) is 9.11. The van der Waals surface area contributed by atoms with E-state index in [-0.39, 0.29) is 36.0 Å². The molecular formula is C22H19F2NO3. The van der Waals surface area contributed by atoms with E-state index in [2.05, 4.69) is 5.32 Å². The van der Waals surface area contributed by atoms with Gasteiger partial charge in [0.05, 0.1) is 7.11 Å². The first-order chi connectivity index (χ1) is 13.5. The number of allylic oxidation sites excluding steroid dienone is 2. The average molecular weight is 383 g/mol. The van der Waals surface area contributed by atoms with Crippen molar-refractivity contribution in [3.63, 3.8) is 0 Å². The van der Waals surface area contributed by atoms with Gasteiger partial charge in [-0.2, -0.15) is 0 Å². The van der Waals surface area contributed by atoms with E-state index < -0.39 is 17.6 Å². The monoisotopic (exact) mass is 383 g/mol. The van der Waals surface area contributed by atoms with Crippen molar-refractivity contribution in [3.8, 4) is 5.75 Å². The third-order valence-electron chi connectivity index (χ3n) is 5.46. The van der Waals surface area contributed by atoms with Gasteiger partial charge < -0.3 is 10.1 Å². The Kier molecular flexibility index (Phi) is 4.71. The van der Waals surface area contributed by atoms with E-state index in [1.165, 1.54) is 6.07 Å². The molecule has 1 N–H and O–H groups in total. The Morgan fingerprint density at radius 3 is 2.43 bits per heavy atom. The second-order valence-corrected chi connectivity index (χ2v) is 7.16. The van der Waals surface area contributed by atoms with E-state index >= 15 is 0 Å². The van der Waals surface area contributed by atoms with Crippen LogP contribution in [0.2, 0.25) is 0 Å². The smallest absolute Gasteiger partial charge is 0.225 e. The lowest BCUT2D eigenvalue weighted by molar-refractivity contribution is -0.122. The second kappa shape index (κ2) is 7.19. The Morgan fingerprint density at radius 1 is 1.00 bits per heavy atom. The molecule has 2 aromatic carbocycles. The van der Waals surface area contributed by atoms with Crippen LogP contribution in [0.25, 0.3) is 0 Å². The summed E-state index contributed by atoms with van der Waals surface area (Å²) in [7, 11) is 1.59. The van der Waals surface area contributed by atoms with Crippen molar-refractivity contribution in [2.75, 3.05) is 7.11 Å². The highest BCUT2D eigenvalue weighted by atomic mass is 19.1. The molecule has 1 heterocycles. The summed E-state index contributed by atoms with van der Waals surface area (Å²) in [5.74, 6) is -1.85. The molecule has 0 saturated heterocycles. The maximum absolute atomic E-state index is 14.3. The van der Waals surface area contributed by atoms with E-state index in [1.807, 2.05) is 24.3 Å². The van der Waals surface area contributed by atoms with Crippen LogP contribution >= 0.6 is 0 Å². The van der Waals surface area contributed by atoms with Gasteiger partial charge in [-0.05, 0) is 41.7 Å².